The van der Waals surface area contributed by atoms with E-state index in [1.807, 2.05) is 0 Å². The molecular formula is C17H27NO2S. The lowest BCUT2D eigenvalue weighted by Gasteiger charge is -2.25. The van der Waals surface area contributed by atoms with Crippen molar-refractivity contribution in [2.75, 3.05) is 18.1 Å². The van der Waals surface area contributed by atoms with Crippen LogP contribution in [0.4, 0.5) is 0 Å². The Morgan fingerprint density at radius 1 is 1.19 bits per heavy atom. The predicted octanol–water partition coefficient (Wildman–Crippen LogP) is 3.29. The molecule has 0 aliphatic carbocycles. The van der Waals surface area contributed by atoms with Crippen LogP contribution >= 0.6 is 0 Å². The van der Waals surface area contributed by atoms with Crippen molar-refractivity contribution in [1.82, 2.24) is 5.32 Å². The number of sulfone groups is 1. The Morgan fingerprint density at radius 3 is 2.29 bits per heavy atom. The van der Waals surface area contributed by atoms with Gasteiger partial charge in [-0.1, -0.05) is 45.0 Å². The second-order valence-corrected chi connectivity index (χ2v) is 8.64. The summed E-state index contributed by atoms with van der Waals surface area (Å²) in [7, 11) is -2.84. The van der Waals surface area contributed by atoms with Gasteiger partial charge in [0.2, 0.25) is 0 Å². The molecular weight excluding hydrogens is 282 g/mol. The first-order chi connectivity index (χ1) is 9.93. The van der Waals surface area contributed by atoms with Gasteiger partial charge < -0.3 is 5.32 Å². The molecule has 118 valence electrons. The van der Waals surface area contributed by atoms with Crippen LogP contribution < -0.4 is 5.32 Å². The fourth-order valence-corrected chi connectivity index (χ4v) is 4.87. The molecule has 2 rings (SSSR count). The van der Waals surface area contributed by atoms with Crippen molar-refractivity contribution in [2.45, 2.75) is 45.6 Å². The van der Waals surface area contributed by atoms with Gasteiger partial charge >= 0.3 is 0 Å². The maximum absolute atomic E-state index is 11.8. The highest BCUT2D eigenvalue weighted by Crippen LogP contribution is 2.32. The average molecular weight is 309 g/mol. The summed E-state index contributed by atoms with van der Waals surface area (Å²) in [6.45, 7) is 7.43. The van der Waals surface area contributed by atoms with Crippen LogP contribution in [0.5, 0.6) is 0 Å². The first kappa shape index (κ1) is 16.5. The Balaban J connectivity index is 2.19. The van der Waals surface area contributed by atoms with E-state index in [1.54, 1.807) is 0 Å². The topological polar surface area (TPSA) is 46.2 Å². The molecule has 1 aromatic carbocycles. The van der Waals surface area contributed by atoms with E-state index < -0.39 is 9.84 Å². The van der Waals surface area contributed by atoms with E-state index >= 15 is 0 Å². The van der Waals surface area contributed by atoms with E-state index in [9.17, 15) is 8.42 Å². The molecule has 0 radical (unpaired) electrons. The number of rotatable bonds is 6. The SMILES string of the molecule is CCCNC(c1ccc(C(C)C)cc1)C1CCS(=O)(=O)C1. The van der Waals surface area contributed by atoms with E-state index in [-0.39, 0.29) is 12.0 Å². The van der Waals surface area contributed by atoms with E-state index in [0.717, 1.165) is 19.4 Å². The normalized spacial score (nSPS) is 22.6. The summed E-state index contributed by atoms with van der Waals surface area (Å²) in [5.74, 6) is 1.38. The van der Waals surface area contributed by atoms with Crippen LogP contribution in [0.25, 0.3) is 0 Å². The first-order valence-corrected chi connectivity index (χ1v) is 9.78. The smallest absolute Gasteiger partial charge is 0.150 e. The average Bonchev–Trinajstić information content (AvgIpc) is 2.80. The number of hydrogen-bond donors (Lipinski definition) is 1. The van der Waals surface area contributed by atoms with Gasteiger partial charge in [0.15, 0.2) is 9.84 Å². The van der Waals surface area contributed by atoms with Gasteiger partial charge in [-0.15, -0.1) is 0 Å². The highest BCUT2D eigenvalue weighted by atomic mass is 32.2. The Labute approximate surface area is 129 Å². The van der Waals surface area contributed by atoms with E-state index in [0.29, 0.717) is 17.4 Å². The molecule has 0 spiro atoms. The van der Waals surface area contributed by atoms with Crippen molar-refractivity contribution in [3.63, 3.8) is 0 Å². The summed E-state index contributed by atoms with van der Waals surface area (Å²) < 4.78 is 23.5. The van der Waals surface area contributed by atoms with Gasteiger partial charge in [0.1, 0.15) is 0 Å². The van der Waals surface area contributed by atoms with Gasteiger partial charge in [0.05, 0.1) is 11.5 Å². The molecule has 2 unspecified atom stereocenters. The number of nitrogens with one attached hydrogen (secondary N) is 1. The third kappa shape index (κ3) is 4.30. The van der Waals surface area contributed by atoms with Crippen molar-refractivity contribution in [3.8, 4) is 0 Å². The highest BCUT2D eigenvalue weighted by molar-refractivity contribution is 7.91. The number of hydrogen-bond acceptors (Lipinski definition) is 3. The van der Waals surface area contributed by atoms with Crippen molar-refractivity contribution in [1.29, 1.82) is 0 Å². The predicted molar refractivity (Wildman–Crippen MR) is 88.3 cm³/mol. The van der Waals surface area contributed by atoms with Crippen LogP contribution in [-0.4, -0.2) is 26.5 Å². The Kier molecular flexibility index (Phi) is 5.44. The third-order valence-electron chi connectivity index (χ3n) is 4.32. The molecule has 1 aliphatic rings. The minimum Gasteiger partial charge on any atom is -0.310 e. The zero-order valence-electron chi connectivity index (χ0n) is 13.3. The van der Waals surface area contributed by atoms with Gasteiger partial charge in [-0.25, -0.2) is 8.42 Å². The maximum Gasteiger partial charge on any atom is 0.150 e. The molecule has 1 fully saturated rings. The fourth-order valence-electron chi connectivity index (χ4n) is 3.03. The molecule has 1 aliphatic heterocycles. The van der Waals surface area contributed by atoms with Gasteiger partial charge in [-0.3, -0.25) is 0 Å². The molecule has 4 heteroatoms. The zero-order chi connectivity index (χ0) is 15.5. The largest absolute Gasteiger partial charge is 0.310 e. The molecule has 1 saturated heterocycles. The molecule has 3 nitrogen and oxygen atoms in total. The third-order valence-corrected chi connectivity index (χ3v) is 6.11. The Morgan fingerprint density at radius 2 is 1.81 bits per heavy atom. The molecule has 1 N–H and O–H groups in total. The highest BCUT2D eigenvalue weighted by Gasteiger charge is 2.34. The molecule has 0 bridgehead atoms. The number of benzene rings is 1. The minimum atomic E-state index is -2.84. The van der Waals surface area contributed by atoms with E-state index in [1.165, 1.54) is 11.1 Å². The van der Waals surface area contributed by atoms with Crippen LogP contribution in [0.2, 0.25) is 0 Å². The zero-order valence-corrected chi connectivity index (χ0v) is 14.1. The molecule has 0 amide bonds. The molecule has 2 atom stereocenters. The molecule has 0 saturated carbocycles. The monoisotopic (exact) mass is 309 g/mol. The van der Waals surface area contributed by atoms with Crippen molar-refractivity contribution >= 4 is 9.84 Å². The summed E-state index contributed by atoms with van der Waals surface area (Å²) in [5, 5.41) is 3.55. The standard InChI is InChI=1S/C17H27NO2S/c1-4-10-18-17(16-9-11-21(19,20)12-16)15-7-5-14(6-8-15)13(2)3/h5-8,13,16-18H,4,9-12H2,1-3H3. The second kappa shape index (κ2) is 6.93. The van der Waals surface area contributed by atoms with Gasteiger partial charge in [0, 0.05) is 6.04 Å². The molecule has 0 aromatic heterocycles. The minimum absolute atomic E-state index is 0.156. The first-order valence-electron chi connectivity index (χ1n) is 7.96. The van der Waals surface area contributed by atoms with Crippen LogP contribution in [-0.2, 0) is 9.84 Å². The van der Waals surface area contributed by atoms with Crippen molar-refractivity contribution in [2.24, 2.45) is 5.92 Å². The van der Waals surface area contributed by atoms with Crippen LogP contribution in [0.15, 0.2) is 24.3 Å². The maximum atomic E-state index is 11.8. The van der Waals surface area contributed by atoms with E-state index in [4.69, 9.17) is 0 Å². The van der Waals surface area contributed by atoms with Crippen molar-refractivity contribution in [3.05, 3.63) is 35.4 Å². The van der Waals surface area contributed by atoms with Crippen LogP contribution in [0.1, 0.15) is 56.7 Å². The van der Waals surface area contributed by atoms with Gasteiger partial charge in [0.25, 0.3) is 0 Å². The summed E-state index contributed by atoms with van der Waals surface area (Å²) >= 11 is 0. The molecule has 21 heavy (non-hydrogen) atoms. The van der Waals surface area contributed by atoms with Gasteiger partial charge in [-0.05, 0) is 42.3 Å². The van der Waals surface area contributed by atoms with Crippen LogP contribution in [0, 0.1) is 5.92 Å². The van der Waals surface area contributed by atoms with Crippen molar-refractivity contribution < 1.29 is 8.42 Å². The van der Waals surface area contributed by atoms with Gasteiger partial charge in [-0.2, -0.15) is 0 Å². The quantitative estimate of drug-likeness (QED) is 0.877. The Hall–Kier alpha value is -0.870. The lowest BCUT2D eigenvalue weighted by Crippen LogP contribution is -2.29. The lowest BCUT2D eigenvalue weighted by atomic mass is 9.90. The summed E-state index contributed by atoms with van der Waals surface area (Å²) in [4.78, 5) is 0. The Bertz CT molecular complexity index is 549. The lowest BCUT2D eigenvalue weighted by molar-refractivity contribution is 0.392. The summed E-state index contributed by atoms with van der Waals surface area (Å²) in [5.41, 5.74) is 2.54. The second-order valence-electron chi connectivity index (χ2n) is 6.42. The van der Waals surface area contributed by atoms with E-state index in [2.05, 4.69) is 50.4 Å². The van der Waals surface area contributed by atoms with Crippen LogP contribution in [0.3, 0.4) is 0 Å². The fraction of sp³-hybridized carbons (Fsp3) is 0.647. The summed E-state index contributed by atoms with van der Waals surface area (Å²) in [6.07, 6.45) is 1.83. The summed E-state index contributed by atoms with van der Waals surface area (Å²) in [6, 6.07) is 8.82. The molecule has 1 aromatic rings. The molecule has 1 heterocycles.